The highest BCUT2D eigenvalue weighted by Crippen LogP contribution is 2.29. The molecule has 1 heterocycles. The quantitative estimate of drug-likeness (QED) is 0.808. The van der Waals surface area contributed by atoms with Crippen LogP contribution in [0.4, 0.5) is 8.78 Å². The fraction of sp³-hybridized carbons (Fsp3) is 0.125. The van der Waals surface area contributed by atoms with Crippen molar-refractivity contribution in [1.82, 2.24) is 9.97 Å². The maximum absolute atomic E-state index is 14.4. The minimum absolute atomic E-state index is 0.0206. The van der Waals surface area contributed by atoms with Crippen LogP contribution in [0.1, 0.15) is 6.92 Å². The number of para-hydroxylation sites is 1. The first-order chi connectivity index (χ1) is 10.6. The maximum Gasteiger partial charge on any atom is 0.259 e. The van der Waals surface area contributed by atoms with Crippen molar-refractivity contribution in [2.75, 3.05) is 6.61 Å². The number of fused-ring (bicyclic) bond motifs is 1. The molecule has 0 aliphatic carbocycles. The van der Waals surface area contributed by atoms with E-state index >= 15 is 0 Å². The third-order valence-electron chi connectivity index (χ3n) is 3.21. The van der Waals surface area contributed by atoms with Crippen molar-refractivity contribution in [3.05, 3.63) is 58.4 Å². The highest BCUT2D eigenvalue weighted by atomic mass is 19.1. The summed E-state index contributed by atoms with van der Waals surface area (Å²) in [5.74, 6) is -2.13. The van der Waals surface area contributed by atoms with Gasteiger partial charge in [0.1, 0.15) is 5.82 Å². The average Bonchev–Trinajstić information content (AvgIpc) is 2.51. The Hall–Kier alpha value is -2.76. The van der Waals surface area contributed by atoms with Crippen LogP contribution in [-0.4, -0.2) is 16.6 Å². The van der Waals surface area contributed by atoms with Gasteiger partial charge < -0.3 is 9.72 Å². The Kier molecular flexibility index (Phi) is 3.58. The zero-order valence-corrected chi connectivity index (χ0v) is 11.7. The molecule has 0 spiro atoms. The smallest absolute Gasteiger partial charge is 0.259 e. The molecule has 1 N–H and O–H groups in total. The summed E-state index contributed by atoms with van der Waals surface area (Å²) in [6.07, 6.45) is 0. The molecule has 0 fully saturated rings. The Labute approximate surface area is 124 Å². The predicted octanol–water partition coefficient (Wildman–Crippen LogP) is 3.27. The van der Waals surface area contributed by atoms with Gasteiger partial charge in [-0.2, -0.15) is 0 Å². The molecule has 3 rings (SSSR count). The van der Waals surface area contributed by atoms with Crippen LogP contribution in [0.15, 0.2) is 41.2 Å². The van der Waals surface area contributed by atoms with E-state index in [9.17, 15) is 13.6 Å². The summed E-state index contributed by atoms with van der Waals surface area (Å²) in [4.78, 5) is 18.8. The maximum atomic E-state index is 14.4. The zero-order valence-electron chi connectivity index (χ0n) is 11.7. The first-order valence-corrected chi connectivity index (χ1v) is 6.72. The van der Waals surface area contributed by atoms with Gasteiger partial charge >= 0.3 is 0 Å². The molecule has 0 aliphatic rings. The van der Waals surface area contributed by atoms with Crippen molar-refractivity contribution >= 4 is 10.9 Å². The molecule has 4 nitrogen and oxygen atoms in total. The lowest BCUT2D eigenvalue weighted by Gasteiger charge is -2.10. The van der Waals surface area contributed by atoms with Crippen molar-refractivity contribution in [3.63, 3.8) is 0 Å². The monoisotopic (exact) mass is 302 g/mol. The first kappa shape index (κ1) is 14.2. The number of H-pyrrole nitrogens is 1. The molecule has 0 bridgehead atoms. The van der Waals surface area contributed by atoms with Gasteiger partial charge in [0.15, 0.2) is 17.4 Å². The lowest BCUT2D eigenvalue weighted by Crippen LogP contribution is -2.10. The molecule has 0 amide bonds. The topological polar surface area (TPSA) is 55.0 Å². The van der Waals surface area contributed by atoms with Gasteiger partial charge in [-0.15, -0.1) is 0 Å². The highest BCUT2D eigenvalue weighted by molar-refractivity contribution is 5.79. The Bertz CT molecular complexity index is 906. The second-order valence-corrected chi connectivity index (χ2v) is 4.60. The van der Waals surface area contributed by atoms with Crippen molar-refractivity contribution in [1.29, 1.82) is 0 Å². The molecule has 112 valence electrons. The van der Waals surface area contributed by atoms with E-state index in [0.717, 1.165) is 6.07 Å². The van der Waals surface area contributed by atoms with Gasteiger partial charge in [0.2, 0.25) is 0 Å². The van der Waals surface area contributed by atoms with Crippen LogP contribution in [0.25, 0.3) is 22.3 Å². The zero-order chi connectivity index (χ0) is 15.7. The third kappa shape index (κ3) is 2.32. The SMILES string of the molecule is CCOc1c(F)ccc(-c2nc3ccccc3c(=O)[nH]2)c1F. The molecule has 6 heteroatoms. The van der Waals surface area contributed by atoms with Crippen molar-refractivity contribution in [2.45, 2.75) is 6.92 Å². The van der Waals surface area contributed by atoms with Gasteiger partial charge in [0, 0.05) is 0 Å². The largest absolute Gasteiger partial charge is 0.488 e. The molecule has 0 aliphatic heterocycles. The molecule has 3 aromatic rings. The van der Waals surface area contributed by atoms with Gasteiger partial charge in [0.25, 0.3) is 5.56 Å². The van der Waals surface area contributed by atoms with Crippen molar-refractivity contribution < 1.29 is 13.5 Å². The number of hydrogen-bond acceptors (Lipinski definition) is 3. The van der Waals surface area contributed by atoms with E-state index < -0.39 is 17.4 Å². The molecule has 22 heavy (non-hydrogen) atoms. The number of halogens is 2. The van der Waals surface area contributed by atoms with E-state index in [0.29, 0.717) is 10.9 Å². The fourth-order valence-electron chi connectivity index (χ4n) is 2.21. The minimum Gasteiger partial charge on any atom is -0.488 e. The van der Waals surface area contributed by atoms with Crippen LogP contribution in [-0.2, 0) is 0 Å². The summed E-state index contributed by atoms with van der Waals surface area (Å²) < 4.78 is 33.0. The van der Waals surface area contributed by atoms with Crippen molar-refractivity contribution in [2.24, 2.45) is 0 Å². The predicted molar refractivity (Wildman–Crippen MR) is 78.9 cm³/mol. The number of ether oxygens (including phenoxy) is 1. The molecule has 0 atom stereocenters. The Morgan fingerprint density at radius 3 is 2.73 bits per heavy atom. The standard InChI is InChI=1S/C16H12F2N2O2/c1-2-22-14-11(17)8-7-10(13(14)18)15-19-12-6-4-3-5-9(12)16(21)20-15/h3-8H,2H2,1H3,(H,19,20,21). The highest BCUT2D eigenvalue weighted by Gasteiger charge is 2.18. The molecule has 2 aromatic carbocycles. The number of aromatic amines is 1. The van der Waals surface area contributed by atoms with Crippen LogP contribution >= 0.6 is 0 Å². The minimum atomic E-state index is -0.889. The number of hydrogen-bond donors (Lipinski definition) is 1. The second-order valence-electron chi connectivity index (χ2n) is 4.60. The van der Waals surface area contributed by atoms with Gasteiger partial charge in [-0.05, 0) is 31.2 Å². The molecule has 0 radical (unpaired) electrons. The van der Waals surface area contributed by atoms with E-state index in [1.165, 1.54) is 6.07 Å². The molecule has 0 saturated carbocycles. The normalized spacial score (nSPS) is 10.9. The van der Waals surface area contributed by atoms with Gasteiger partial charge in [-0.25, -0.2) is 13.8 Å². The summed E-state index contributed by atoms with van der Waals surface area (Å²) in [6, 6.07) is 9.02. The van der Waals surface area contributed by atoms with Crippen molar-refractivity contribution in [3.8, 4) is 17.1 Å². The van der Waals surface area contributed by atoms with Crippen LogP contribution < -0.4 is 10.3 Å². The molecule has 1 aromatic heterocycles. The first-order valence-electron chi connectivity index (χ1n) is 6.72. The van der Waals surface area contributed by atoms with E-state index in [4.69, 9.17) is 4.74 Å². The van der Waals surface area contributed by atoms with Crippen LogP contribution in [0, 0.1) is 11.6 Å². The fourth-order valence-corrected chi connectivity index (χ4v) is 2.21. The van der Waals surface area contributed by atoms with Gasteiger partial charge in [-0.1, -0.05) is 12.1 Å². The summed E-state index contributed by atoms with van der Waals surface area (Å²) in [5, 5.41) is 0.402. The number of benzene rings is 2. The van der Waals surface area contributed by atoms with Crippen LogP contribution in [0.3, 0.4) is 0 Å². The van der Waals surface area contributed by atoms with Gasteiger partial charge in [-0.3, -0.25) is 4.79 Å². The summed E-state index contributed by atoms with van der Waals surface area (Å²) in [6.45, 7) is 1.75. The van der Waals surface area contributed by atoms with E-state index in [2.05, 4.69) is 9.97 Å². The third-order valence-corrected chi connectivity index (χ3v) is 3.21. The summed E-state index contributed by atoms with van der Waals surface area (Å²) >= 11 is 0. The van der Waals surface area contributed by atoms with E-state index in [1.54, 1.807) is 31.2 Å². The lowest BCUT2D eigenvalue weighted by molar-refractivity contribution is 0.303. The Morgan fingerprint density at radius 1 is 1.18 bits per heavy atom. The summed E-state index contributed by atoms with van der Waals surface area (Å²) in [7, 11) is 0. The number of aromatic nitrogens is 2. The van der Waals surface area contributed by atoms with E-state index in [1.807, 2.05) is 0 Å². The lowest BCUT2D eigenvalue weighted by atomic mass is 10.1. The van der Waals surface area contributed by atoms with Crippen LogP contribution in [0.5, 0.6) is 5.75 Å². The molecular weight excluding hydrogens is 290 g/mol. The molecule has 0 saturated heterocycles. The van der Waals surface area contributed by atoms with E-state index in [-0.39, 0.29) is 23.6 Å². The number of rotatable bonds is 3. The number of nitrogens with zero attached hydrogens (tertiary/aromatic N) is 1. The second kappa shape index (κ2) is 5.55. The average molecular weight is 302 g/mol. The van der Waals surface area contributed by atoms with Gasteiger partial charge in [0.05, 0.1) is 23.1 Å². The number of nitrogens with one attached hydrogen (secondary N) is 1. The Morgan fingerprint density at radius 2 is 1.95 bits per heavy atom. The Balaban J connectivity index is 2.24. The molecule has 0 unspecified atom stereocenters. The summed E-state index contributed by atoms with van der Waals surface area (Å²) in [5.41, 5.74) is 0.0259. The molecular formula is C16H12F2N2O2. The van der Waals surface area contributed by atoms with Crippen LogP contribution in [0.2, 0.25) is 0 Å².